The first-order chi connectivity index (χ1) is 13.7. The minimum Gasteiger partial charge on any atom is -0.495 e. The van der Waals surface area contributed by atoms with Gasteiger partial charge in [0, 0.05) is 13.6 Å². The fourth-order valence-electron chi connectivity index (χ4n) is 3.01. The van der Waals surface area contributed by atoms with E-state index in [0.29, 0.717) is 0 Å². The van der Waals surface area contributed by atoms with Crippen LogP contribution < -0.4 is 19.9 Å². The van der Waals surface area contributed by atoms with Gasteiger partial charge in [0.15, 0.2) is 5.82 Å². The molecule has 29 heavy (non-hydrogen) atoms. The Morgan fingerprint density at radius 3 is 2.76 bits per heavy atom. The van der Waals surface area contributed by atoms with Crippen LogP contribution in [0.5, 0.6) is 5.75 Å². The zero-order chi connectivity index (χ0) is 21.3. The first kappa shape index (κ1) is 20.2. The number of hydrogen-bond donors (Lipinski definition) is 2. The average Bonchev–Trinajstić information content (AvgIpc) is 2.76. The summed E-state index contributed by atoms with van der Waals surface area (Å²) in [6.07, 6.45) is 1.24. The highest BCUT2D eigenvalue weighted by molar-refractivity contribution is 6.02. The molecule has 1 aromatic carbocycles. The molecule has 154 valence electrons. The average molecular weight is 407 g/mol. The number of fused-ring (bicyclic) bond motifs is 1. The predicted octanol–water partition coefficient (Wildman–Crippen LogP) is 2.36. The first-order valence-corrected chi connectivity index (χ1v) is 8.65. The van der Waals surface area contributed by atoms with Crippen molar-refractivity contribution in [3.8, 4) is 5.75 Å². The number of methoxy groups -OCH3 is 1. The Morgan fingerprint density at radius 2 is 2.14 bits per heavy atom. The number of carboxylic acid groups (broad SMARTS) is 1. The summed E-state index contributed by atoms with van der Waals surface area (Å²) in [6, 6.07) is 4.46. The number of rotatable bonds is 5. The van der Waals surface area contributed by atoms with Crippen LogP contribution in [0.1, 0.15) is 17.3 Å². The second-order valence-corrected chi connectivity index (χ2v) is 6.30. The molecule has 1 amide bonds. The molecular weight excluding hydrogens is 388 g/mol. The number of hydrogen-bond acceptors (Lipinski definition) is 7. The van der Waals surface area contributed by atoms with Gasteiger partial charge in [0.1, 0.15) is 11.4 Å². The van der Waals surface area contributed by atoms with Gasteiger partial charge in [-0.25, -0.2) is 9.78 Å². The molecule has 3 rings (SSSR count). The van der Waals surface area contributed by atoms with E-state index in [1.54, 1.807) is 13.0 Å². The van der Waals surface area contributed by atoms with Gasteiger partial charge in [-0.1, -0.05) is 6.07 Å². The molecule has 2 heterocycles. The minimum atomic E-state index is -3.59. The maximum Gasteiger partial charge on any atom is 0.342 e. The molecule has 1 aromatic heterocycles. The number of benzene rings is 1. The van der Waals surface area contributed by atoms with Crippen molar-refractivity contribution < 1.29 is 28.2 Å². The number of nitrogens with one attached hydrogen (secondary N) is 1. The van der Waals surface area contributed by atoms with Crippen molar-refractivity contribution in [2.45, 2.75) is 12.8 Å². The number of aromatic nitrogens is 2. The summed E-state index contributed by atoms with van der Waals surface area (Å²) >= 11 is 0. The van der Waals surface area contributed by atoms with Gasteiger partial charge in [0.2, 0.25) is 5.95 Å². The van der Waals surface area contributed by atoms with E-state index in [1.807, 2.05) is 0 Å². The maximum atomic E-state index is 14.2. The Bertz CT molecular complexity index is 969. The molecule has 0 aliphatic carbocycles. The topological polar surface area (TPSA) is 108 Å². The van der Waals surface area contributed by atoms with Crippen LogP contribution in [0.4, 0.5) is 31.9 Å². The smallest absolute Gasteiger partial charge is 0.342 e. The van der Waals surface area contributed by atoms with Crippen LogP contribution in [0.25, 0.3) is 0 Å². The van der Waals surface area contributed by atoms with E-state index in [2.05, 4.69) is 15.3 Å². The standard InChI is InChI=1S/C18H19F2N5O4/c1-4-25-9-18(19,20)16(28)24(2)11-8-21-17(23-14(11)25)22-13-10(15(26)27)6-5-7-12(13)29-3/h5-8H,4,9H2,1-3H3,(H,26,27)(H,21,22,23). The first-order valence-electron chi connectivity index (χ1n) is 8.65. The van der Waals surface area contributed by atoms with Gasteiger partial charge in [-0.2, -0.15) is 13.8 Å². The molecule has 0 bridgehead atoms. The number of para-hydroxylation sites is 1. The Kier molecular flexibility index (Phi) is 5.23. The Labute approximate surface area is 164 Å². The van der Waals surface area contributed by atoms with Crippen LogP contribution >= 0.6 is 0 Å². The number of carbonyl (C=O) groups excluding carboxylic acids is 1. The fraction of sp³-hybridized carbons (Fsp3) is 0.333. The van der Waals surface area contributed by atoms with Gasteiger partial charge in [-0.3, -0.25) is 4.79 Å². The van der Waals surface area contributed by atoms with E-state index in [9.17, 15) is 23.5 Å². The SMILES string of the molecule is CCN1CC(F)(F)C(=O)N(C)c2cnc(Nc3c(OC)cccc3C(=O)O)nc21. The van der Waals surface area contributed by atoms with Crippen molar-refractivity contribution in [3.63, 3.8) is 0 Å². The van der Waals surface area contributed by atoms with Crippen molar-refractivity contribution in [2.75, 3.05) is 42.4 Å². The lowest BCUT2D eigenvalue weighted by Crippen LogP contribution is -2.46. The van der Waals surface area contributed by atoms with E-state index < -0.39 is 24.3 Å². The van der Waals surface area contributed by atoms with Crippen LogP contribution in [0.3, 0.4) is 0 Å². The van der Waals surface area contributed by atoms with Crippen LogP contribution in [0.2, 0.25) is 0 Å². The Balaban J connectivity index is 2.08. The van der Waals surface area contributed by atoms with Gasteiger partial charge < -0.3 is 25.0 Å². The number of nitrogens with zero attached hydrogens (tertiary/aromatic N) is 4. The summed E-state index contributed by atoms with van der Waals surface area (Å²) in [5.41, 5.74) is 0.168. The molecule has 0 radical (unpaired) electrons. The number of aromatic carboxylic acids is 1. The molecule has 1 aliphatic rings. The minimum absolute atomic E-state index is 0.0275. The summed E-state index contributed by atoms with van der Waals surface area (Å²) in [5, 5.41) is 12.2. The number of ether oxygens (including phenoxy) is 1. The van der Waals surface area contributed by atoms with Gasteiger partial charge >= 0.3 is 11.9 Å². The van der Waals surface area contributed by atoms with Crippen molar-refractivity contribution in [1.29, 1.82) is 0 Å². The lowest BCUT2D eigenvalue weighted by Gasteiger charge is -2.23. The van der Waals surface area contributed by atoms with Crippen molar-refractivity contribution in [2.24, 2.45) is 0 Å². The number of alkyl halides is 2. The molecule has 2 aromatic rings. The molecule has 11 heteroatoms. The Hall–Kier alpha value is -3.50. The summed E-state index contributed by atoms with van der Waals surface area (Å²) < 4.78 is 33.6. The summed E-state index contributed by atoms with van der Waals surface area (Å²) in [7, 11) is 2.61. The second-order valence-electron chi connectivity index (χ2n) is 6.30. The lowest BCUT2D eigenvalue weighted by molar-refractivity contribution is -0.140. The number of amides is 1. The van der Waals surface area contributed by atoms with Gasteiger partial charge in [0.05, 0.1) is 31.1 Å². The zero-order valence-electron chi connectivity index (χ0n) is 15.9. The molecule has 0 spiro atoms. The van der Waals surface area contributed by atoms with E-state index in [-0.39, 0.29) is 41.0 Å². The van der Waals surface area contributed by atoms with E-state index in [0.717, 1.165) is 4.90 Å². The molecule has 0 fully saturated rings. The lowest BCUT2D eigenvalue weighted by atomic mass is 10.1. The third-order valence-corrected chi connectivity index (χ3v) is 4.51. The van der Waals surface area contributed by atoms with Gasteiger partial charge in [-0.05, 0) is 19.1 Å². The van der Waals surface area contributed by atoms with Crippen molar-refractivity contribution in [3.05, 3.63) is 30.0 Å². The number of halogens is 2. The molecule has 1 aliphatic heterocycles. The number of carboxylic acids is 1. The van der Waals surface area contributed by atoms with Gasteiger partial charge in [0.25, 0.3) is 5.91 Å². The van der Waals surface area contributed by atoms with Crippen LogP contribution in [-0.4, -0.2) is 60.1 Å². The molecular formula is C18H19F2N5O4. The Morgan fingerprint density at radius 1 is 1.41 bits per heavy atom. The summed E-state index contributed by atoms with van der Waals surface area (Å²) in [6.45, 7) is 1.01. The van der Waals surface area contributed by atoms with Crippen molar-refractivity contribution >= 4 is 35.0 Å². The number of carbonyl (C=O) groups is 2. The number of anilines is 4. The third-order valence-electron chi connectivity index (χ3n) is 4.51. The highest BCUT2D eigenvalue weighted by atomic mass is 19.3. The zero-order valence-corrected chi connectivity index (χ0v) is 15.9. The highest BCUT2D eigenvalue weighted by Gasteiger charge is 2.46. The summed E-state index contributed by atoms with van der Waals surface area (Å²) in [5.74, 6) is -5.78. The molecule has 0 saturated heterocycles. The van der Waals surface area contributed by atoms with Crippen LogP contribution in [0, 0.1) is 0 Å². The molecule has 0 saturated carbocycles. The normalized spacial score (nSPS) is 15.6. The third kappa shape index (κ3) is 3.62. The van der Waals surface area contributed by atoms with Crippen LogP contribution in [0.15, 0.2) is 24.4 Å². The quantitative estimate of drug-likeness (QED) is 0.778. The molecule has 2 N–H and O–H groups in total. The monoisotopic (exact) mass is 407 g/mol. The largest absolute Gasteiger partial charge is 0.495 e. The highest BCUT2D eigenvalue weighted by Crippen LogP contribution is 2.36. The van der Waals surface area contributed by atoms with E-state index in [4.69, 9.17) is 4.74 Å². The maximum absolute atomic E-state index is 14.2. The van der Waals surface area contributed by atoms with Gasteiger partial charge in [-0.15, -0.1) is 0 Å². The fourth-order valence-corrected chi connectivity index (χ4v) is 3.01. The van der Waals surface area contributed by atoms with Crippen LogP contribution in [-0.2, 0) is 4.79 Å². The second kappa shape index (κ2) is 7.49. The molecule has 0 atom stereocenters. The molecule has 9 nitrogen and oxygen atoms in total. The van der Waals surface area contributed by atoms with E-state index in [1.165, 1.54) is 37.4 Å². The van der Waals surface area contributed by atoms with Crippen molar-refractivity contribution in [1.82, 2.24) is 9.97 Å². The van der Waals surface area contributed by atoms with E-state index >= 15 is 0 Å². The molecule has 0 unspecified atom stereocenters. The predicted molar refractivity (Wildman–Crippen MR) is 102 cm³/mol. The summed E-state index contributed by atoms with van der Waals surface area (Å²) in [4.78, 5) is 34.0.